The molecule has 3 rings (SSSR count). The quantitative estimate of drug-likeness (QED) is 0.929. The van der Waals surface area contributed by atoms with Gasteiger partial charge in [-0.15, -0.1) is 0 Å². The highest BCUT2D eigenvalue weighted by Gasteiger charge is 2.22. The molecule has 2 atom stereocenters. The zero-order valence-corrected chi connectivity index (χ0v) is 12.6. The second-order valence-corrected chi connectivity index (χ2v) is 5.72. The van der Waals surface area contributed by atoms with Crippen molar-refractivity contribution in [3.63, 3.8) is 0 Å². The summed E-state index contributed by atoms with van der Waals surface area (Å²) in [7, 11) is 0. The monoisotopic (exact) mass is 282 g/mol. The van der Waals surface area contributed by atoms with Gasteiger partial charge in [0.2, 0.25) is 0 Å². The summed E-state index contributed by atoms with van der Waals surface area (Å²) in [5.41, 5.74) is 1.26. The van der Waals surface area contributed by atoms with Crippen molar-refractivity contribution in [3.05, 3.63) is 54.6 Å². The molecule has 0 aliphatic carbocycles. The first kappa shape index (κ1) is 14.0. The average molecular weight is 282 g/mol. The normalized spacial score (nSPS) is 22.1. The smallest absolute Gasteiger partial charge is 0.127 e. The highest BCUT2D eigenvalue weighted by Crippen LogP contribution is 2.26. The van der Waals surface area contributed by atoms with Gasteiger partial charge in [-0.05, 0) is 50.2 Å². The zero-order valence-electron chi connectivity index (χ0n) is 12.6. The van der Waals surface area contributed by atoms with E-state index in [0.29, 0.717) is 12.1 Å². The van der Waals surface area contributed by atoms with Crippen LogP contribution in [0.1, 0.15) is 13.8 Å². The Morgan fingerprint density at radius 2 is 1.62 bits per heavy atom. The van der Waals surface area contributed by atoms with Gasteiger partial charge in [-0.2, -0.15) is 0 Å². The van der Waals surface area contributed by atoms with Gasteiger partial charge in [0, 0.05) is 30.9 Å². The third-order valence-corrected chi connectivity index (χ3v) is 3.91. The van der Waals surface area contributed by atoms with E-state index in [2.05, 4.69) is 36.2 Å². The number of piperazine rings is 1. The van der Waals surface area contributed by atoms with Crippen LogP contribution in [0.4, 0.5) is 5.69 Å². The number of benzene rings is 2. The Morgan fingerprint density at radius 3 is 2.33 bits per heavy atom. The van der Waals surface area contributed by atoms with E-state index in [9.17, 15) is 0 Å². The van der Waals surface area contributed by atoms with Crippen molar-refractivity contribution in [2.24, 2.45) is 0 Å². The number of para-hydroxylation sites is 1. The van der Waals surface area contributed by atoms with E-state index in [1.54, 1.807) is 0 Å². The lowest BCUT2D eigenvalue weighted by Gasteiger charge is -2.39. The lowest BCUT2D eigenvalue weighted by Crippen LogP contribution is -2.54. The largest absolute Gasteiger partial charge is 0.457 e. The zero-order chi connectivity index (χ0) is 14.7. The molecular weight excluding hydrogens is 260 g/mol. The molecule has 1 aliphatic heterocycles. The topological polar surface area (TPSA) is 24.5 Å². The number of rotatable bonds is 3. The fourth-order valence-electron chi connectivity index (χ4n) is 2.71. The number of hydrogen-bond acceptors (Lipinski definition) is 3. The SMILES string of the molecule is CC1CN(c2ccc(Oc3ccccc3)cc2)C(C)CN1. The van der Waals surface area contributed by atoms with Crippen LogP contribution in [0, 0.1) is 0 Å². The van der Waals surface area contributed by atoms with Gasteiger partial charge in [-0.3, -0.25) is 0 Å². The fourth-order valence-corrected chi connectivity index (χ4v) is 2.71. The minimum Gasteiger partial charge on any atom is -0.457 e. The number of nitrogens with one attached hydrogen (secondary N) is 1. The van der Waals surface area contributed by atoms with Crippen molar-refractivity contribution in [1.82, 2.24) is 5.32 Å². The highest BCUT2D eigenvalue weighted by atomic mass is 16.5. The molecular formula is C18H22N2O. The molecule has 3 nitrogen and oxygen atoms in total. The van der Waals surface area contributed by atoms with E-state index in [4.69, 9.17) is 4.74 Å². The van der Waals surface area contributed by atoms with Gasteiger partial charge in [0.1, 0.15) is 11.5 Å². The van der Waals surface area contributed by atoms with Crippen LogP contribution in [-0.2, 0) is 0 Å². The van der Waals surface area contributed by atoms with E-state index in [1.807, 2.05) is 42.5 Å². The minimum atomic E-state index is 0.516. The molecule has 21 heavy (non-hydrogen) atoms. The number of nitrogens with zero attached hydrogens (tertiary/aromatic N) is 1. The third kappa shape index (κ3) is 3.37. The molecule has 2 aromatic carbocycles. The van der Waals surface area contributed by atoms with Crippen LogP contribution in [0.5, 0.6) is 11.5 Å². The fraction of sp³-hybridized carbons (Fsp3) is 0.333. The van der Waals surface area contributed by atoms with Crippen molar-refractivity contribution in [1.29, 1.82) is 0 Å². The van der Waals surface area contributed by atoms with E-state index in [-0.39, 0.29) is 0 Å². The first-order valence-electron chi connectivity index (χ1n) is 7.55. The summed E-state index contributed by atoms with van der Waals surface area (Å²) < 4.78 is 5.84. The van der Waals surface area contributed by atoms with Gasteiger partial charge < -0.3 is 15.0 Å². The Labute approximate surface area is 126 Å². The molecule has 110 valence electrons. The van der Waals surface area contributed by atoms with E-state index < -0.39 is 0 Å². The van der Waals surface area contributed by atoms with Gasteiger partial charge in [0.25, 0.3) is 0 Å². The predicted molar refractivity (Wildman–Crippen MR) is 87.2 cm³/mol. The van der Waals surface area contributed by atoms with Gasteiger partial charge in [-0.1, -0.05) is 18.2 Å². The molecule has 0 aromatic heterocycles. The second kappa shape index (κ2) is 6.19. The second-order valence-electron chi connectivity index (χ2n) is 5.72. The standard InChI is InChI=1S/C18H22N2O/c1-14-13-20(15(2)12-19-14)16-8-10-18(11-9-16)21-17-6-4-3-5-7-17/h3-11,14-15,19H,12-13H2,1-2H3. The van der Waals surface area contributed by atoms with Crippen LogP contribution >= 0.6 is 0 Å². The molecule has 1 N–H and O–H groups in total. The molecule has 0 radical (unpaired) electrons. The lowest BCUT2D eigenvalue weighted by atomic mass is 10.1. The maximum Gasteiger partial charge on any atom is 0.127 e. The Kier molecular flexibility index (Phi) is 4.11. The number of anilines is 1. The van der Waals surface area contributed by atoms with E-state index >= 15 is 0 Å². The summed E-state index contributed by atoms with van der Waals surface area (Å²) in [5.74, 6) is 1.75. The maximum absolute atomic E-state index is 5.84. The van der Waals surface area contributed by atoms with Crippen LogP contribution in [0.15, 0.2) is 54.6 Å². The summed E-state index contributed by atoms with van der Waals surface area (Å²) in [6.07, 6.45) is 0. The minimum absolute atomic E-state index is 0.516. The van der Waals surface area contributed by atoms with Crippen molar-refractivity contribution in [2.75, 3.05) is 18.0 Å². The molecule has 3 heteroatoms. The summed E-state index contributed by atoms with van der Waals surface area (Å²) >= 11 is 0. The molecule has 0 amide bonds. The Balaban J connectivity index is 1.71. The first-order chi connectivity index (χ1) is 10.2. The molecule has 1 aliphatic rings. The summed E-state index contributed by atoms with van der Waals surface area (Å²) in [6.45, 7) is 6.56. The van der Waals surface area contributed by atoms with Crippen LogP contribution < -0.4 is 15.0 Å². The lowest BCUT2D eigenvalue weighted by molar-refractivity contribution is 0.425. The maximum atomic E-state index is 5.84. The van der Waals surface area contributed by atoms with Gasteiger partial charge in [0.15, 0.2) is 0 Å². The predicted octanol–water partition coefficient (Wildman–Crippen LogP) is 3.67. The highest BCUT2D eigenvalue weighted by molar-refractivity contribution is 5.51. The Bertz CT molecular complexity index is 568. The summed E-state index contributed by atoms with van der Waals surface area (Å²) in [5, 5.41) is 3.51. The number of ether oxygens (including phenoxy) is 1. The van der Waals surface area contributed by atoms with Crippen molar-refractivity contribution in [2.45, 2.75) is 25.9 Å². The first-order valence-corrected chi connectivity index (χ1v) is 7.55. The molecule has 0 spiro atoms. The van der Waals surface area contributed by atoms with Crippen molar-refractivity contribution in [3.8, 4) is 11.5 Å². The van der Waals surface area contributed by atoms with Crippen molar-refractivity contribution < 1.29 is 4.74 Å². The van der Waals surface area contributed by atoms with Crippen LogP contribution in [-0.4, -0.2) is 25.2 Å². The molecule has 1 fully saturated rings. The van der Waals surface area contributed by atoms with Crippen molar-refractivity contribution >= 4 is 5.69 Å². The molecule has 1 heterocycles. The van der Waals surface area contributed by atoms with Crippen LogP contribution in [0.25, 0.3) is 0 Å². The van der Waals surface area contributed by atoms with Crippen LogP contribution in [0.2, 0.25) is 0 Å². The Hall–Kier alpha value is -2.00. The summed E-state index contributed by atoms with van der Waals surface area (Å²) in [6, 6.07) is 19.3. The van der Waals surface area contributed by atoms with Gasteiger partial charge in [0.05, 0.1) is 0 Å². The molecule has 0 bridgehead atoms. The molecule has 1 saturated heterocycles. The van der Waals surface area contributed by atoms with E-state index in [1.165, 1.54) is 5.69 Å². The summed E-state index contributed by atoms with van der Waals surface area (Å²) in [4.78, 5) is 2.45. The van der Waals surface area contributed by atoms with E-state index in [0.717, 1.165) is 24.6 Å². The molecule has 2 aromatic rings. The Morgan fingerprint density at radius 1 is 0.952 bits per heavy atom. The molecule has 0 saturated carbocycles. The third-order valence-electron chi connectivity index (χ3n) is 3.91. The average Bonchev–Trinajstić information content (AvgIpc) is 2.52. The van der Waals surface area contributed by atoms with Crippen LogP contribution in [0.3, 0.4) is 0 Å². The number of hydrogen-bond donors (Lipinski definition) is 1. The van der Waals surface area contributed by atoms with Gasteiger partial charge in [-0.25, -0.2) is 0 Å². The molecule has 2 unspecified atom stereocenters. The van der Waals surface area contributed by atoms with Gasteiger partial charge >= 0.3 is 0 Å².